The van der Waals surface area contributed by atoms with Crippen LogP contribution in [0.5, 0.6) is 11.5 Å². The molecule has 0 saturated heterocycles. The zero-order valence-electron chi connectivity index (χ0n) is 23.3. The number of unbranched alkanes of at least 4 members (excludes halogenated alkanes) is 10. The molecular weight excluding hydrogens is 460 g/mol. The highest BCUT2D eigenvalue weighted by Crippen LogP contribution is 2.18. The van der Waals surface area contributed by atoms with Crippen molar-refractivity contribution in [3.05, 3.63) is 59.7 Å². The number of ether oxygens (including phenoxy) is 2. The Labute approximate surface area is 225 Å². The second-order valence-electron chi connectivity index (χ2n) is 9.98. The van der Waals surface area contributed by atoms with Crippen molar-refractivity contribution in [3.8, 4) is 11.5 Å². The van der Waals surface area contributed by atoms with E-state index in [1.165, 1.54) is 38.5 Å². The Hall–Kier alpha value is -2.62. The molecule has 2 aromatic carbocycles. The lowest BCUT2D eigenvalue weighted by molar-refractivity contribution is 0.0973. The third-order valence-electron chi connectivity index (χ3n) is 6.69. The molecule has 2 aromatic rings. The number of carbonyl (C=O) groups is 2. The smallest absolute Gasteiger partial charge is 0.162 e. The fourth-order valence-electron chi connectivity index (χ4n) is 4.30. The summed E-state index contributed by atoms with van der Waals surface area (Å²) in [5.74, 6) is 2.06. The van der Waals surface area contributed by atoms with E-state index in [-0.39, 0.29) is 11.6 Å². The molecule has 0 fully saturated rings. The van der Waals surface area contributed by atoms with Crippen molar-refractivity contribution < 1.29 is 19.1 Å². The van der Waals surface area contributed by atoms with E-state index >= 15 is 0 Å². The maximum absolute atomic E-state index is 12.5. The average Bonchev–Trinajstić information content (AvgIpc) is 2.92. The second kappa shape index (κ2) is 19.5. The van der Waals surface area contributed by atoms with Crippen LogP contribution < -0.4 is 9.47 Å². The molecule has 0 N–H and O–H groups in total. The van der Waals surface area contributed by atoms with Crippen LogP contribution in [0.25, 0.3) is 0 Å². The predicted octanol–water partition coefficient (Wildman–Crippen LogP) is 9.40. The highest BCUT2D eigenvalue weighted by molar-refractivity contribution is 5.96. The largest absolute Gasteiger partial charge is 0.494 e. The summed E-state index contributed by atoms with van der Waals surface area (Å²) in [5.41, 5.74) is 1.52. The summed E-state index contributed by atoms with van der Waals surface area (Å²) >= 11 is 0. The van der Waals surface area contributed by atoms with Gasteiger partial charge >= 0.3 is 0 Å². The fraction of sp³-hybridized carbons (Fsp3) is 0.576. The first-order chi connectivity index (χ1) is 18.1. The molecule has 37 heavy (non-hydrogen) atoms. The molecule has 0 saturated carbocycles. The van der Waals surface area contributed by atoms with Crippen LogP contribution >= 0.6 is 0 Å². The molecular formula is C33H48O4. The molecule has 0 heterocycles. The fourth-order valence-corrected chi connectivity index (χ4v) is 4.30. The minimum Gasteiger partial charge on any atom is -0.494 e. The van der Waals surface area contributed by atoms with E-state index in [0.717, 1.165) is 80.8 Å². The van der Waals surface area contributed by atoms with Gasteiger partial charge < -0.3 is 9.47 Å². The van der Waals surface area contributed by atoms with E-state index in [1.54, 1.807) is 0 Å². The van der Waals surface area contributed by atoms with Crippen LogP contribution in [0.3, 0.4) is 0 Å². The minimum atomic E-state index is 0.193. The molecule has 4 heteroatoms. The van der Waals surface area contributed by atoms with Crippen LogP contribution in [-0.4, -0.2) is 24.8 Å². The molecule has 4 nitrogen and oxygen atoms in total. The van der Waals surface area contributed by atoms with Crippen molar-refractivity contribution in [3.63, 3.8) is 0 Å². The van der Waals surface area contributed by atoms with Gasteiger partial charge in [0.25, 0.3) is 0 Å². The first-order valence-electron chi connectivity index (χ1n) is 14.7. The van der Waals surface area contributed by atoms with Crippen LogP contribution in [-0.2, 0) is 0 Å². The summed E-state index contributed by atoms with van der Waals surface area (Å²) in [6.07, 6.45) is 15.5. The van der Waals surface area contributed by atoms with E-state index in [4.69, 9.17) is 9.47 Å². The molecule has 0 aliphatic rings. The number of hydrogen-bond acceptors (Lipinski definition) is 4. The van der Waals surface area contributed by atoms with Crippen LogP contribution in [0.4, 0.5) is 0 Å². The normalized spacial score (nSPS) is 10.9. The van der Waals surface area contributed by atoms with Crippen LogP contribution in [0.1, 0.15) is 131 Å². The van der Waals surface area contributed by atoms with Crippen molar-refractivity contribution in [2.75, 3.05) is 13.2 Å². The van der Waals surface area contributed by atoms with Gasteiger partial charge in [0, 0.05) is 24.0 Å². The molecule has 0 aliphatic carbocycles. The number of Topliss-reactive ketones (excluding diaryl/α,β-unsaturated/α-hetero) is 2. The number of hydrogen-bond donors (Lipinski definition) is 0. The molecule has 0 aliphatic heterocycles. The molecule has 0 bridgehead atoms. The quantitative estimate of drug-likeness (QED) is 0.117. The van der Waals surface area contributed by atoms with E-state index in [1.807, 2.05) is 48.5 Å². The van der Waals surface area contributed by atoms with Crippen LogP contribution in [0, 0.1) is 0 Å². The third kappa shape index (κ3) is 13.5. The average molecular weight is 509 g/mol. The zero-order chi connectivity index (χ0) is 26.6. The second-order valence-corrected chi connectivity index (χ2v) is 9.98. The van der Waals surface area contributed by atoms with Gasteiger partial charge in [0.1, 0.15) is 11.5 Å². The van der Waals surface area contributed by atoms with E-state index in [2.05, 4.69) is 13.8 Å². The van der Waals surface area contributed by atoms with E-state index in [9.17, 15) is 9.59 Å². The van der Waals surface area contributed by atoms with Gasteiger partial charge in [-0.05, 0) is 74.2 Å². The number of carbonyl (C=O) groups excluding carboxylic acids is 2. The maximum atomic E-state index is 12.5. The molecule has 2 rings (SSSR count). The van der Waals surface area contributed by atoms with Crippen molar-refractivity contribution >= 4 is 11.6 Å². The van der Waals surface area contributed by atoms with Gasteiger partial charge in [-0.15, -0.1) is 0 Å². The Morgan fingerprint density at radius 1 is 0.486 bits per heavy atom. The van der Waals surface area contributed by atoms with Crippen molar-refractivity contribution in [1.29, 1.82) is 0 Å². The first kappa shape index (κ1) is 30.6. The highest BCUT2D eigenvalue weighted by Gasteiger charge is 2.08. The Balaban J connectivity index is 1.52. The van der Waals surface area contributed by atoms with Crippen LogP contribution in [0.2, 0.25) is 0 Å². The molecule has 0 atom stereocenters. The molecule has 204 valence electrons. The van der Waals surface area contributed by atoms with Gasteiger partial charge in [-0.3, -0.25) is 9.59 Å². The molecule has 0 radical (unpaired) electrons. The number of benzene rings is 2. The Morgan fingerprint density at radius 3 is 1.22 bits per heavy atom. The van der Waals surface area contributed by atoms with Crippen molar-refractivity contribution in [2.24, 2.45) is 0 Å². The minimum absolute atomic E-state index is 0.193. The van der Waals surface area contributed by atoms with Gasteiger partial charge in [-0.2, -0.15) is 0 Å². The number of ketones is 2. The maximum Gasteiger partial charge on any atom is 0.162 e. The zero-order valence-corrected chi connectivity index (χ0v) is 23.3. The summed E-state index contributed by atoms with van der Waals surface area (Å²) < 4.78 is 11.5. The van der Waals surface area contributed by atoms with Crippen LogP contribution in [0.15, 0.2) is 48.5 Å². The van der Waals surface area contributed by atoms with E-state index < -0.39 is 0 Å². The van der Waals surface area contributed by atoms with Gasteiger partial charge in [-0.1, -0.05) is 71.6 Å². The van der Waals surface area contributed by atoms with E-state index in [0.29, 0.717) is 12.8 Å². The lowest BCUT2D eigenvalue weighted by Crippen LogP contribution is -2.01. The summed E-state index contributed by atoms with van der Waals surface area (Å²) in [6, 6.07) is 15.1. The Kier molecular flexibility index (Phi) is 16.1. The molecule has 0 amide bonds. The first-order valence-corrected chi connectivity index (χ1v) is 14.7. The van der Waals surface area contributed by atoms with Gasteiger partial charge in [-0.25, -0.2) is 0 Å². The van der Waals surface area contributed by atoms with Crippen molar-refractivity contribution in [1.82, 2.24) is 0 Å². The third-order valence-corrected chi connectivity index (χ3v) is 6.69. The highest BCUT2D eigenvalue weighted by atomic mass is 16.5. The van der Waals surface area contributed by atoms with Gasteiger partial charge in [0.05, 0.1) is 13.2 Å². The Bertz CT molecular complexity index is 797. The predicted molar refractivity (Wildman–Crippen MR) is 153 cm³/mol. The molecule has 0 unspecified atom stereocenters. The summed E-state index contributed by atoms with van der Waals surface area (Å²) in [6.45, 7) is 5.87. The van der Waals surface area contributed by atoms with Gasteiger partial charge in [0.2, 0.25) is 0 Å². The standard InChI is InChI=1S/C33H48O4/c1-3-5-7-14-26-36-30-22-18-28(19-23-30)32(34)16-12-10-9-11-13-17-33(35)29-20-24-31(25-21-29)37-27-15-8-6-4-2/h18-25H,3-17,26-27H2,1-2H3. The number of rotatable bonds is 22. The Morgan fingerprint density at radius 2 is 0.838 bits per heavy atom. The summed E-state index contributed by atoms with van der Waals surface area (Å²) in [5, 5.41) is 0. The molecule has 0 aromatic heterocycles. The lowest BCUT2D eigenvalue weighted by Gasteiger charge is -2.07. The summed E-state index contributed by atoms with van der Waals surface area (Å²) in [4.78, 5) is 24.9. The lowest BCUT2D eigenvalue weighted by atomic mass is 10.0. The monoisotopic (exact) mass is 508 g/mol. The SMILES string of the molecule is CCCCCCOc1ccc(C(=O)CCCCCCCC(=O)c2ccc(OCCCCCC)cc2)cc1. The molecule has 0 spiro atoms. The van der Waals surface area contributed by atoms with Gasteiger partial charge in [0.15, 0.2) is 11.6 Å². The summed E-state index contributed by atoms with van der Waals surface area (Å²) in [7, 11) is 0. The topological polar surface area (TPSA) is 52.6 Å². The van der Waals surface area contributed by atoms with Crippen molar-refractivity contribution in [2.45, 2.75) is 110 Å².